The zero-order chi connectivity index (χ0) is 21.6. The number of fused-ring (bicyclic) bond motifs is 2. The molecule has 1 saturated heterocycles. The number of ether oxygens (including phenoxy) is 1. The van der Waals surface area contributed by atoms with Crippen molar-refractivity contribution in [3.05, 3.63) is 75.3 Å². The Morgan fingerprint density at radius 1 is 1.00 bits per heavy atom. The Morgan fingerprint density at radius 3 is 2.42 bits per heavy atom. The lowest BCUT2D eigenvalue weighted by atomic mass is 9.85. The number of benzene rings is 2. The highest BCUT2D eigenvalue weighted by Gasteiger charge is 2.46. The molecule has 31 heavy (non-hydrogen) atoms. The Kier molecular flexibility index (Phi) is 4.89. The lowest BCUT2D eigenvalue weighted by Gasteiger charge is -2.23. The summed E-state index contributed by atoms with van der Waals surface area (Å²) in [6, 6.07) is 14.2. The molecule has 0 bridgehead atoms. The second kappa shape index (κ2) is 7.61. The molecule has 0 N–H and O–H groups in total. The van der Waals surface area contributed by atoms with Crippen molar-refractivity contribution in [3.8, 4) is 17.0 Å². The van der Waals surface area contributed by atoms with Gasteiger partial charge >= 0.3 is 0 Å². The number of hydrogen-bond donors (Lipinski definition) is 0. The first kappa shape index (κ1) is 19.9. The van der Waals surface area contributed by atoms with Crippen molar-refractivity contribution in [2.24, 2.45) is 0 Å². The average molecular weight is 417 g/mol. The molecule has 0 saturated carbocycles. The fraction of sp³-hybridized carbons (Fsp3) is 0.400. The topological polar surface area (TPSA) is 60.3 Å². The number of aryl methyl sites for hydroxylation is 2. The van der Waals surface area contributed by atoms with E-state index in [1.165, 1.54) is 16.7 Å². The van der Waals surface area contributed by atoms with Gasteiger partial charge in [-0.15, -0.1) is 10.2 Å². The molecule has 6 heteroatoms. The predicted octanol–water partition coefficient (Wildman–Crippen LogP) is 3.48. The second-order valence-electron chi connectivity index (χ2n) is 9.04. The van der Waals surface area contributed by atoms with E-state index < -0.39 is 0 Å². The van der Waals surface area contributed by atoms with Gasteiger partial charge in [-0.2, -0.15) is 0 Å². The molecule has 0 unspecified atom stereocenters. The number of likely N-dealkylation sites (tertiary alicyclic amines) is 1. The van der Waals surface area contributed by atoms with Crippen LogP contribution in [0.15, 0.2) is 47.3 Å². The standard InChI is InChI=1S/C25H28N4O2/c1-17-12-18(2)14-19(13-17)15-28-10-8-25(16-28)9-11-29-23(30)22(26-27-24(25)29)20-4-6-21(31-3)7-5-20/h4-7,12-14H,8-11,15-16H2,1-3H3/t25-/m0/s1. The zero-order valence-corrected chi connectivity index (χ0v) is 18.4. The van der Waals surface area contributed by atoms with E-state index in [-0.39, 0.29) is 11.0 Å². The van der Waals surface area contributed by atoms with Gasteiger partial charge in [-0.1, -0.05) is 29.3 Å². The minimum Gasteiger partial charge on any atom is -0.497 e. The van der Waals surface area contributed by atoms with Gasteiger partial charge in [0, 0.05) is 30.6 Å². The lowest BCUT2D eigenvalue weighted by molar-refractivity contribution is 0.299. The van der Waals surface area contributed by atoms with Gasteiger partial charge in [0.15, 0.2) is 5.69 Å². The summed E-state index contributed by atoms with van der Waals surface area (Å²) in [5.74, 6) is 1.62. The zero-order valence-electron chi connectivity index (χ0n) is 18.4. The van der Waals surface area contributed by atoms with Crippen molar-refractivity contribution in [1.29, 1.82) is 0 Å². The van der Waals surface area contributed by atoms with Crippen LogP contribution in [-0.4, -0.2) is 39.9 Å². The molecule has 2 aromatic carbocycles. The van der Waals surface area contributed by atoms with Gasteiger partial charge < -0.3 is 4.74 Å². The molecule has 0 radical (unpaired) electrons. The van der Waals surface area contributed by atoms with E-state index in [0.29, 0.717) is 12.2 Å². The van der Waals surface area contributed by atoms with Crippen LogP contribution in [0.4, 0.5) is 0 Å². The smallest absolute Gasteiger partial charge is 0.280 e. The quantitative estimate of drug-likeness (QED) is 0.652. The highest BCUT2D eigenvalue weighted by Crippen LogP contribution is 2.41. The molecular formula is C25H28N4O2. The third kappa shape index (κ3) is 3.55. The third-order valence-corrected chi connectivity index (χ3v) is 6.72. The van der Waals surface area contributed by atoms with Crippen molar-refractivity contribution in [2.45, 2.75) is 45.2 Å². The summed E-state index contributed by atoms with van der Waals surface area (Å²) in [6.07, 6.45) is 1.97. The van der Waals surface area contributed by atoms with Crippen molar-refractivity contribution >= 4 is 0 Å². The van der Waals surface area contributed by atoms with Gasteiger partial charge in [-0.25, -0.2) is 0 Å². The van der Waals surface area contributed by atoms with Gasteiger partial charge in [0.1, 0.15) is 11.6 Å². The summed E-state index contributed by atoms with van der Waals surface area (Å²) in [5, 5.41) is 8.98. The van der Waals surface area contributed by atoms with Crippen LogP contribution in [0.1, 0.15) is 35.4 Å². The fourth-order valence-electron chi connectivity index (χ4n) is 5.28. The number of methoxy groups -OCH3 is 1. The normalized spacial score (nSPS) is 20.4. The van der Waals surface area contributed by atoms with Crippen LogP contribution in [-0.2, 0) is 18.5 Å². The van der Waals surface area contributed by atoms with Gasteiger partial charge in [0.2, 0.25) is 0 Å². The number of rotatable bonds is 4. The number of aromatic nitrogens is 3. The van der Waals surface area contributed by atoms with E-state index >= 15 is 0 Å². The molecule has 1 fully saturated rings. The summed E-state index contributed by atoms with van der Waals surface area (Å²) in [7, 11) is 1.63. The molecule has 5 rings (SSSR count). The molecule has 1 atom stereocenters. The van der Waals surface area contributed by atoms with Crippen LogP contribution in [0.2, 0.25) is 0 Å². The minimum absolute atomic E-state index is 0.0419. The molecule has 1 aromatic heterocycles. The monoisotopic (exact) mass is 416 g/mol. The van der Waals surface area contributed by atoms with E-state index in [1.807, 2.05) is 28.8 Å². The average Bonchev–Trinajstić information content (AvgIpc) is 3.32. The molecule has 2 aliphatic heterocycles. The van der Waals surface area contributed by atoms with Crippen LogP contribution in [0.25, 0.3) is 11.3 Å². The molecule has 0 amide bonds. The summed E-state index contributed by atoms with van der Waals surface area (Å²) >= 11 is 0. The first-order chi connectivity index (χ1) is 15.0. The molecular weight excluding hydrogens is 388 g/mol. The predicted molar refractivity (Wildman–Crippen MR) is 120 cm³/mol. The molecule has 3 aromatic rings. The van der Waals surface area contributed by atoms with Gasteiger partial charge in [-0.3, -0.25) is 14.3 Å². The molecule has 160 valence electrons. The SMILES string of the molecule is COc1ccc(-c2nnc3n(c2=O)CC[C@]32CCN(Cc3cc(C)cc(C)c3)C2)cc1. The minimum atomic E-state index is -0.0660. The maximum Gasteiger partial charge on any atom is 0.280 e. The maximum absolute atomic E-state index is 13.2. The fourth-order valence-corrected chi connectivity index (χ4v) is 5.28. The van der Waals surface area contributed by atoms with Crippen molar-refractivity contribution < 1.29 is 4.74 Å². The van der Waals surface area contributed by atoms with Crippen LogP contribution in [0.3, 0.4) is 0 Å². The Bertz CT molecular complexity index is 1160. The van der Waals surface area contributed by atoms with Crippen LogP contribution < -0.4 is 10.3 Å². The van der Waals surface area contributed by atoms with Gasteiger partial charge in [0.05, 0.1) is 7.11 Å². The Morgan fingerprint density at radius 2 is 1.71 bits per heavy atom. The Labute approximate surface area is 182 Å². The third-order valence-electron chi connectivity index (χ3n) is 6.72. The van der Waals surface area contributed by atoms with E-state index in [0.717, 1.165) is 49.6 Å². The van der Waals surface area contributed by atoms with Gasteiger partial charge in [0.25, 0.3) is 5.56 Å². The summed E-state index contributed by atoms with van der Waals surface area (Å²) in [6.45, 7) is 7.89. The van der Waals surface area contributed by atoms with Crippen LogP contribution in [0.5, 0.6) is 5.75 Å². The van der Waals surface area contributed by atoms with Gasteiger partial charge in [-0.05, 0) is 63.1 Å². The van der Waals surface area contributed by atoms with Crippen molar-refractivity contribution in [2.75, 3.05) is 20.2 Å². The molecule has 0 aliphatic carbocycles. The van der Waals surface area contributed by atoms with E-state index in [4.69, 9.17) is 4.74 Å². The van der Waals surface area contributed by atoms with E-state index in [1.54, 1.807) is 7.11 Å². The lowest BCUT2D eigenvalue weighted by Crippen LogP contribution is -2.33. The van der Waals surface area contributed by atoms with Crippen molar-refractivity contribution in [3.63, 3.8) is 0 Å². The highest BCUT2D eigenvalue weighted by atomic mass is 16.5. The largest absolute Gasteiger partial charge is 0.497 e. The second-order valence-corrected chi connectivity index (χ2v) is 9.04. The van der Waals surface area contributed by atoms with Crippen LogP contribution in [0, 0.1) is 13.8 Å². The van der Waals surface area contributed by atoms with Crippen molar-refractivity contribution in [1.82, 2.24) is 19.7 Å². The number of hydrogen-bond acceptors (Lipinski definition) is 5. The summed E-state index contributed by atoms with van der Waals surface area (Å²) < 4.78 is 7.07. The summed E-state index contributed by atoms with van der Waals surface area (Å²) in [5.41, 5.74) is 5.04. The van der Waals surface area contributed by atoms with Crippen LogP contribution >= 0.6 is 0 Å². The number of nitrogens with zero attached hydrogens (tertiary/aromatic N) is 4. The molecule has 1 spiro atoms. The van der Waals surface area contributed by atoms with E-state index in [9.17, 15) is 4.79 Å². The summed E-state index contributed by atoms with van der Waals surface area (Å²) in [4.78, 5) is 15.7. The Hall–Kier alpha value is -2.99. The highest BCUT2D eigenvalue weighted by molar-refractivity contribution is 5.58. The molecule has 6 nitrogen and oxygen atoms in total. The molecule has 2 aliphatic rings. The van der Waals surface area contributed by atoms with E-state index in [2.05, 4.69) is 47.1 Å². The Balaban J connectivity index is 1.40. The maximum atomic E-state index is 13.2. The first-order valence-electron chi connectivity index (χ1n) is 10.9. The first-order valence-corrected chi connectivity index (χ1v) is 10.9. The molecule has 3 heterocycles.